The van der Waals surface area contributed by atoms with Crippen LogP contribution in [0, 0.1) is 6.92 Å². The molecule has 0 fully saturated rings. The van der Waals surface area contributed by atoms with E-state index in [1.165, 1.54) is 0 Å². The first-order valence-electron chi connectivity index (χ1n) is 6.41. The predicted octanol–water partition coefficient (Wildman–Crippen LogP) is 3.29. The fourth-order valence-corrected chi connectivity index (χ4v) is 1.85. The highest BCUT2D eigenvalue weighted by atomic mass is 79.9. The molecule has 0 saturated carbocycles. The van der Waals surface area contributed by atoms with Gasteiger partial charge in [0.25, 0.3) is 5.91 Å². The van der Waals surface area contributed by atoms with E-state index in [0.717, 1.165) is 15.6 Å². The third-order valence-corrected chi connectivity index (χ3v) is 3.59. The number of rotatable bonds is 5. The van der Waals surface area contributed by atoms with Gasteiger partial charge in [-0.05, 0) is 36.2 Å². The Kier molecular flexibility index (Phi) is 5.51. The molecule has 21 heavy (non-hydrogen) atoms. The van der Waals surface area contributed by atoms with E-state index in [9.17, 15) is 4.79 Å². The van der Waals surface area contributed by atoms with Crippen molar-refractivity contribution < 1.29 is 9.53 Å². The summed E-state index contributed by atoms with van der Waals surface area (Å²) >= 11 is 3.41. The number of carbonyl (C=O) groups is 1. The topological polar surface area (TPSA) is 50.7 Å². The van der Waals surface area contributed by atoms with Crippen LogP contribution in [0.5, 0.6) is 5.75 Å². The minimum Gasteiger partial charge on any atom is -0.484 e. The zero-order chi connectivity index (χ0) is 15.1. The van der Waals surface area contributed by atoms with Gasteiger partial charge >= 0.3 is 0 Å². The van der Waals surface area contributed by atoms with Gasteiger partial charge in [0.2, 0.25) is 0 Å². The molecule has 0 spiro atoms. The summed E-state index contributed by atoms with van der Waals surface area (Å²) in [5.74, 6) is 0.348. The van der Waals surface area contributed by atoms with E-state index in [1.807, 2.05) is 49.4 Å². The standard InChI is InChI=1S/C16H15BrN2O2/c1-12-9-14(7-8-15(12)17)21-11-16(20)19-18-10-13-5-3-2-4-6-13/h2-10H,11H2,1H3,(H,19,20)/b18-10+. The van der Waals surface area contributed by atoms with Crippen LogP contribution >= 0.6 is 15.9 Å². The third kappa shape index (κ3) is 5.04. The lowest BCUT2D eigenvalue weighted by atomic mass is 10.2. The first-order chi connectivity index (χ1) is 10.1. The Morgan fingerprint density at radius 3 is 2.76 bits per heavy atom. The molecule has 108 valence electrons. The molecular weight excluding hydrogens is 332 g/mol. The smallest absolute Gasteiger partial charge is 0.277 e. The maximum atomic E-state index is 11.6. The van der Waals surface area contributed by atoms with E-state index in [2.05, 4.69) is 26.5 Å². The quantitative estimate of drug-likeness (QED) is 0.667. The van der Waals surface area contributed by atoms with Crippen LogP contribution in [0.1, 0.15) is 11.1 Å². The summed E-state index contributed by atoms with van der Waals surface area (Å²) < 4.78 is 6.41. The van der Waals surface area contributed by atoms with Crippen LogP contribution in [-0.4, -0.2) is 18.7 Å². The maximum Gasteiger partial charge on any atom is 0.277 e. The summed E-state index contributed by atoms with van der Waals surface area (Å²) in [6.07, 6.45) is 1.58. The molecule has 0 saturated heterocycles. The molecule has 0 unspecified atom stereocenters. The largest absolute Gasteiger partial charge is 0.484 e. The van der Waals surface area contributed by atoms with Gasteiger partial charge in [-0.15, -0.1) is 0 Å². The fourth-order valence-electron chi connectivity index (χ4n) is 1.61. The number of nitrogens with one attached hydrogen (secondary N) is 1. The van der Waals surface area contributed by atoms with Crippen molar-refractivity contribution in [2.24, 2.45) is 5.10 Å². The summed E-state index contributed by atoms with van der Waals surface area (Å²) in [6, 6.07) is 15.1. The van der Waals surface area contributed by atoms with Crippen LogP contribution in [-0.2, 0) is 4.79 Å². The van der Waals surface area contributed by atoms with E-state index in [0.29, 0.717) is 5.75 Å². The highest BCUT2D eigenvalue weighted by molar-refractivity contribution is 9.10. The number of nitrogens with zero attached hydrogens (tertiary/aromatic N) is 1. The number of benzene rings is 2. The summed E-state index contributed by atoms with van der Waals surface area (Å²) in [5.41, 5.74) is 4.39. The average molecular weight is 347 g/mol. The van der Waals surface area contributed by atoms with Crippen LogP contribution in [0.2, 0.25) is 0 Å². The molecule has 1 N–H and O–H groups in total. The lowest BCUT2D eigenvalue weighted by Gasteiger charge is -2.06. The molecule has 2 aromatic carbocycles. The van der Waals surface area contributed by atoms with Gasteiger partial charge in [-0.2, -0.15) is 5.10 Å². The van der Waals surface area contributed by atoms with Crippen molar-refractivity contribution in [3.63, 3.8) is 0 Å². The lowest BCUT2D eigenvalue weighted by Crippen LogP contribution is -2.24. The van der Waals surface area contributed by atoms with Crippen molar-refractivity contribution in [3.8, 4) is 5.75 Å². The van der Waals surface area contributed by atoms with Crippen molar-refractivity contribution in [1.29, 1.82) is 0 Å². The second-order valence-electron chi connectivity index (χ2n) is 4.40. The van der Waals surface area contributed by atoms with Crippen LogP contribution in [0.15, 0.2) is 58.1 Å². The second-order valence-corrected chi connectivity index (χ2v) is 5.26. The van der Waals surface area contributed by atoms with Gasteiger partial charge in [0.05, 0.1) is 6.21 Å². The molecule has 0 bridgehead atoms. The first-order valence-corrected chi connectivity index (χ1v) is 7.20. The van der Waals surface area contributed by atoms with Gasteiger partial charge in [0, 0.05) is 4.47 Å². The van der Waals surface area contributed by atoms with Gasteiger partial charge in [-0.1, -0.05) is 46.3 Å². The van der Waals surface area contributed by atoms with Gasteiger partial charge in [-0.25, -0.2) is 5.43 Å². The number of carbonyl (C=O) groups excluding carboxylic acids is 1. The number of aryl methyl sites for hydroxylation is 1. The van der Waals surface area contributed by atoms with Crippen LogP contribution in [0.3, 0.4) is 0 Å². The van der Waals surface area contributed by atoms with E-state index in [-0.39, 0.29) is 12.5 Å². The number of ether oxygens (including phenoxy) is 1. The van der Waals surface area contributed by atoms with E-state index in [1.54, 1.807) is 12.3 Å². The monoisotopic (exact) mass is 346 g/mol. The van der Waals surface area contributed by atoms with Crippen molar-refractivity contribution in [1.82, 2.24) is 5.43 Å². The lowest BCUT2D eigenvalue weighted by molar-refractivity contribution is -0.123. The van der Waals surface area contributed by atoms with Crippen molar-refractivity contribution in [2.75, 3.05) is 6.61 Å². The Balaban J connectivity index is 1.79. The normalized spacial score (nSPS) is 10.6. The summed E-state index contributed by atoms with van der Waals surface area (Å²) in [4.78, 5) is 11.6. The molecule has 1 amide bonds. The summed E-state index contributed by atoms with van der Waals surface area (Å²) in [7, 11) is 0. The van der Waals surface area contributed by atoms with Crippen LogP contribution in [0.25, 0.3) is 0 Å². The molecular formula is C16H15BrN2O2. The number of amides is 1. The second kappa shape index (κ2) is 7.59. The predicted molar refractivity (Wildman–Crippen MR) is 86.6 cm³/mol. The Morgan fingerprint density at radius 1 is 1.29 bits per heavy atom. The Morgan fingerprint density at radius 2 is 2.05 bits per heavy atom. The highest BCUT2D eigenvalue weighted by Gasteiger charge is 2.02. The molecule has 5 heteroatoms. The van der Waals surface area contributed by atoms with Gasteiger partial charge < -0.3 is 4.74 Å². The number of halogens is 1. The van der Waals surface area contributed by atoms with Crippen molar-refractivity contribution >= 4 is 28.1 Å². The molecule has 0 atom stereocenters. The number of hydrazone groups is 1. The zero-order valence-corrected chi connectivity index (χ0v) is 13.1. The molecule has 2 rings (SSSR count). The average Bonchev–Trinajstić information content (AvgIpc) is 2.49. The first kappa shape index (κ1) is 15.3. The SMILES string of the molecule is Cc1cc(OCC(=O)N/N=C/c2ccccc2)ccc1Br. The van der Waals surface area contributed by atoms with Crippen LogP contribution < -0.4 is 10.2 Å². The Hall–Kier alpha value is -2.14. The molecule has 2 aromatic rings. The number of hydrogen-bond acceptors (Lipinski definition) is 3. The Bertz CT molecular complexity index is 642. The van der Waals surface area contributed by atoms with Crippen molar-refractivity contribution in [3.05, 3.63) is 64.1 Å². The van der Waals surface area contributed by atoms with E-state index >= 15 is 0 Å². The van der Waals surface area contributed by atoms with Gasteiger partial charge in [0.1, 0.15) is 5.75 Å². The minimum absolute atomic E-state index is 0.0762. The molecule has 0 heterocycles. The van der Waals surface area contributed by atoms with Gasteiger partial charge in [-0.3, -0.25) is 4.79 Å². The van der Waals surface area contributed by atoms with E-state index < -0.39 is 0 Å². The van der Waals surface area contributed by atoms with E-state index in [4.69, 9.17) is 4.74 Å². The summed E-state index contributed by atoms with van der Waals surface area (Å²) in [6.45, 7) is 1.88. The van der Waals surface area contributed by atoms with Crippen LogP contribution in [0.4, 0.5) is 0 Å². The molecule has 0 aliphatic heterocycles. The van der Waals surface area contributed by atoms with Gasteiger partial charge in [0.15, 0.2) is 6.61 Å². The molecule has 4 nitrogen and oxygen atoms in total. The Labute approximate surface area is 132 Å². The molecule has 0 aliphatic rings. The maximum absolute atomic E-state index is 11.6. The molecule has 0 aliphatic carbocycles. The summed E-state index contributed by atoms with van der Waals surface area (Å²) in [5, 5.41) is 3.87. The fraction of sp³-hybridized carbons (Fsp3) is 0.125. The number of hydrogen-bond donors (Lipinski definition) is 1. The minimum atomic E-state index is -0.303. The van der Waals surface area contributed by atoms with Crippen molar-refractivity contribution in [2.45, 2.75) is 6.92 Å². The highest BCUT2D eigenvalue weighted by Crippen LogP contribution is 2.21. The third-order valence-electron chi connectivity index (χ3n) is 2.70. The molecule has 0 radical (unpaired) electrons. The zero-order valence-electron chi connectivity index (χ0n) is 11.5. The molecule has 0 aromatic heterocycles.